The van der Waals surface area contributed by atoms with E-state index in [0.717, 1.165) is 4.47 Å². The molecule has 12 heteroatoms. The normalized spacial score (nSPS) is 10.7. The van der Waals surface area contributed by atoms with E-state index in [1.165, 1.54) is 17.8 Å². The number of anilines is 1. The van der Waals surface area contributed by atoms with E-state index in [1.807, 2.05) is 0 Å². The highest BCUT2D eigenvalue weighted by molar-refractivity contribution is 9.10. The molecule has 0 aliphatic rings. The summed E-state index contributed by atoms with van der Waals surface area (Å²) < 4.78 is 2.46. The molecule has 0 fully saturated rings. The summed E-state index contributed by atoms with van der Waals surface area (Å²) in [6, 6.07) is 9.79. The van der Waals surface area contributed by atoms with Crippen LogP contribution in [0.25, 0.3) is 0 Å². The lowest BCUT2D eigenvalue weighted by molar-refractivity contribution is -0.113. The number of rotatable bonds is 7. The summed E-state index contributed by atoms with van der Waals surface area (Å²) in [5.41, 5.74) is 0.985. The summed E-state index contributed by atoms with van der Waals surface area (Å²) in [5, 5.41) is 15.4. The first-order chi connectivity index (χ1) is 14.7. The summed E-state index contributed by atoms with van der Waals surface area (Å²) in [6.45, 7) is 0.159. The molecule has 0 saturated heterocycles. The fraction of sp³-hybridized carbons (Fsp3) is 0.158. The second-order valence-corrected chi connectivity index (χ2v) is 9.25. The molecule has 162 valence electrons. The number of carbonyl (C=O) groups is 2. The van der Waals surface area contributed by atoms with Crippen LogP contribution in [0.4, 0.5) is 5.69 Å². The Balaban J connectivity index is 1.53. The number of aromatic nitrogens is 3. The van der Waals surface area contributed by atoms with E-state index in [4.69, 9.17) is 34.8 Å². The first-order valence-electron chi connectivity index (χ1n) is 8.74. The predicted octanol–water partition coefficient (Wildman–Crippen LogP) is 5.20. The van der Waals surface area contributed by atoms with Crippen LogP contribution in [0.3, 0.4) is 0 Å². The van der Waals surface area contributed by atoms with Crippen LogP contribution in [0.5, 0.6) is 0 Å². The number of amides is 2. The second kappa shape index (κ2) is 10.7. The number of nitrogens with one attached hydrogen (secondary N) is 2. The lowest BCUT2D eigenvalue weighted by Crippen LogP contribution is -2.24. The third-order valence-corrected chi connectivity index (χ3v) is 7.04. The smallest absolute Gasteiger partial charge is 0.251 e. The quantitative estimate of drug-likeness (QED) is 0.386. The van der Waals surface area contributed by atoms with Crippen LogP contribution in [0.2, 0.25) is 15.1 Å². The van der Waals surface area contributed by atoms with E-state index in [1.54, 1.807) is 41.9 Å². The minimum atomic E-state index is -0.316. The Morgan fingerprint density at radius 3 is 2.55 bits per heavy atom. The molecule has 0 unspecified atom stereocenters. The van der Waals surface area contributed by atoms with Crippen LogP contribution >= 0.6 is 62.5 Å². The van der Waals surface area contributed by atoms with Gasteiger partial charge in [-0.2, -0.15) is 0 Å². The van der Waals surface area contributed by atoms with Crippen molar-refractivity contribution in [2.75, 3.05) is 11.1 Å². The maximum absolute atomic E-state index is 12.3. The molecule has 1 aromatic heterocycles. The molecule has 0 saturated carbocycles. The Morgan fingerprint density at radius 2 is 1.84 bits per heavy atom. The lowest BCUT2D eigenvalue weighted by atomic mass is 10.2. The van der Waals surface area contributed by atoms with Crippen molar-refractivity contribution in [3.05, 3.63) is 67.3 Å². The highest BCUT2D eigenvalue weighted by Gasteiger charge is 2.14. The molecule has 2 N–H and O–H groups in total. The van der Waals surface area contributed by atoms with Crippen LogP contribution in [0.1, 0.15) is 16.2 Å². The monoisotopic (exact) mass is 561 g/mol. The van der Waals surface area contributed by atoms with Crippen LogP contribution < -0.4 is 10.6 Å². The Bertz CT molecular complexity index is 1140. The minimum Gasteiger partial charge on any atom is -0.345 e. The first-order valence-corrected chi connectivity index (χ1v) is 11.6. The van der Waals surface area contributed by atoms with Crippen molar-refractivity contribution in [1.29, 1.82) is 0 Å². The molecule has 31 heavy (non-hydrogen) atoms. The summed E-state index contributed by atoms with van der Waals surface area (Å²) in [5.74, 6) is 0.148. The van der Waals surface area contributed by atoms with E-state index >= 15 is 0 Å². The van der Waals surface area contributed by atoms with Gasteiger partial charge in [-0.25, -0.2) is 0 Å². The van der Waals surface area contributed by atoms with Gasteiger partial charge in [-0.1, -0.05) is 46.6 Å². The Morgan fingerprint density at radius 1 is 1.06 bits per heavy atom. The van der Waals surface area contributed by atoms with Crippen molar-refractivity contribution >= 4 is 80.0 Å². The van der Waals surface area contributed by atoms with Gasteiger partial charge >= 0.3 is 0 Å². The molecule has 2 amide bonds. The summed E-state index contributed by atoms with van der Waals surface area (Å²) >= 11 is 22.4. The molecule has 0 aliphatic carbocycles. The van der Waals surface area contributed by atoms with Gasteiger partial charge in [-0.05, 0) is 52.3 Å². The molecule has 0 radical (unpaired) electrons. The average molecular weight is 564 g/mol. The van der Waals surface area contributed by atoms with Crippen molar-refractivity contribution in [1.82, 2.24) is 20.1 Å². The third-order valence-electron chi connectivity index (χ3n) is 4.05. The zero-order valence-corrected chi connectivity index (χ0v) is 20.6. The summed E-state index contributed by atoms with van der Waals surface area (Å²) in [4.78, 5) is 24.5. The van der Waals surface area contributed by atoms with E-state index in [9.17, 15) is 9.59 Å². The van der Waals surface area contributed by atoms with E-state index < -0.39 is 0 Å². The van der Waals surface area contributed by atoms with Crippen molar-refractivity contribution in [3.8, 4) is 0 Å². The summed E-state index contributed by atoms with van der Waals surface area (Å²) in [6.07, 6.45) is 0. The zero-order valence-electron chi connectivity index (χ0n) is 16.0. The van der Waals surface area contributed by atoms with Gasteiger partial charge in [0.05, 0.1) is 27.4 Å². The van der Waals surface area contributed by atoms with Gasteiger partial charge in [0.15, 0.2) is 11.0 Å². The zero-order chi connectivity index (χ0) is 22.5. The lowest BCUT2D eigenvalue weighted by Gasteiger charge is -2.08. The van der Waals surface area contributed by atoms with Crippen molar-refractivity contribution in [2.24, 2.45) is 7.05 Å². The molecule has 0 spiro atoms. The minimum absolute atomic E-state index is 0.134. The Hall–Kier alpha value is -1.78. The maximum atomic E-state index is 12.3. The fourth-order valence-electron chi connectivity index (χ4n) is 2.42. The van der Waals surface area contributed by atoms with Crippen molar-refractivity contribution < 1.29 is 9.59 Å². The van der Waals surface area contributed by atoms with Crippen LogP contribution in [-0.2, 0) is 18.4 Å². The number of nitrogens with zero attached hydrogens (tertiary/aromatic N) is 3. The van der Waals surface area contributed by atoms with Crippen LogP contribution in [0.15, 0.2) is 46.0 Å². The molecule has 3 aromatic rings. The van der Waals surface area contributed by atoms with Gasteiger partial charge in [0.2, 0.25) is 5.91 Å². The van der Waals surface area contributed by atoms with Gasteiger partial charge in [-0.15, -0.1) is 10.2 Å². The van der Waals surface area contributed by atoms with Gasteiger partial charge in [-0.3, -0.25) is 9.59 Å². The van der Waals surface area contributed by atoms with Crippen LogP contribution in [-0.4, -0.2) is 32.3 Å². The topological polar surface area (TPSA) is 88.9 Å². The number of benzene rings is 2. The highest BCUT2D eigenvalue weighted by Crippen LogP contribution is 2.26. The van der Waals surface area contributed by atoms with Crippen LogP contribution in [0, 0.1) is 0 Å². The van der Waals surface area contributed by atoms with Gasteiger partial charge in [0.25, 0.3) is 5.91 Å². The molecular weight excluding hydrogens is 549 g/mol. The van der Waals surface area contributed by atoms with Gasteiger partial charge in [0, 0.05) is 22.8 Å². The van der Waals surface area contributed by atoms with Gasteiger partial charge < -0.3 is 15.2 Å². The highest BCUT2D eigenvalue weighted by atomic mass is 79.9. The molecule has 2 aromatic carbocycles. The van der Waals surface area contributed by atoms with E-state index in [0.29, 0.717) is 37.3 Å². The third kappa shape index (κ3) is 6.36. The number of hydrogen-bond donors (Lipinski definition) is 2. The molecule has 1 heterocycles. The predicted molar refractivity (Wildman–Crippen MR) is 127 cm³/mol. The maximum Gasteiger partial charge on any atom is 0.251 e. The number of thioether (sulfide) groups is 1. The van der Waals surface area contributed by atoms with E-state index in [2.05, 4.69) is 36.8 Å². The molecule has 0 aliphatic heterocycles. The fourth-order valence-corrected chi connectivity index (χ4v) is 3.88. The largest absolute Gasteiger partial charge is 0.345 e. The van der Waals surface area contributed by atoms with Gasteiger partial charge in [0.1, 0.15) is 0 Å². The van der Waals surface area contributed by atoms with Crippen molar-refractivity contribution in [2.45, 2.75) is 11.7 Å². The Labute approximate surface area is 206 Å². The Kier molecular flexibility index (Phi) is 8.23. The SMILES string of the molecule is Cn1c(CNC(=O)c2ccc(Cl)c(Cl)c2)nnc1SCC(=O)Nc1ccc(Br)c(Cl)c1. The second-order valence-electron chi connectivity index (χ2n) is 6.24. The average Bonchev–Trinajstić information content (AvgIpc) is 3.09. The standard InChI is InChI=1S/C19H15BrCl3N5O2S/c1-28-16(8-24-18(30)10-2-5-13(21)15(23)6-10)26-27-19(28)31-9-17(29)25-11-3-4-12(20)14(22)7-11/h2-7H,8-9H2,1H3,(H,24,30)(H,25,29). The van der Waals surface area contributed by atoms with Crippen molar-refractivity contribution in [3.63, 3.8) is 0 Å². The first kappa shape index (κ1) is 23.9. The molecule has 7 nitrogen and oxygen atoms in total. The molecule has 0 bridgehead atoms. The number of halogens is 4. The van der Waals surface area contributed by atoms with E-state index in [-0.39, 0.29) is 24.1 Å². The number of carbonyl (C=O) groups excluding carboxylic acids is 2. The molecule has 3 rings (SSSR count). The molecular formula is C19H15BrCl3N5O2S. The summed E-state index contributed by atoms with van der Waals surface area (Å²) in [7, 11) is 1.76. The number of hydrogen-bond acceptors (Lipinski definition) is 5. The molecule has 0 atom stereocenters.